The Morgan fingerprint density at radius 3 is 2.45 bits per heavy atom. The van der Waals surface area contributed by atoms with Crippen LogP contribution < -0.4 is 9.64 Å². The zero-order valence-electron chi connectivity index (χ0n) is 24.7. The van der Waals surface area contributed by atoms with Gasteiger partial charge in [0.1, 0.15) is 23.9 Å². The lowest BCUT2D eigenvalue weighted by atomic mass is 9.95. The minimum atomic E-state index is -1.25. The van der Waals surface area contributed by atoms with Crippen molar-refractivity contribution in [2.24, 2.45) is 0 Å². The van der Waals surface area contributed by atoms with Crippen LogP contribution in [0.4, 0.5) is 15.2 Å². The number of nitro benzene ring substituents is 1. The fourth-order valence-corrected chi connectivity index (χ4v) is 6.92. The van der Waals surface area contributed by atoms with Crippen LogP contribution in [0.25, 0.3) is 5.76 Å². The van der Waals surface area contributed by atoms with Crippen LogP contribution in [0.3, 0.4) is 0 Å². The lowest BCUT2D eigenvalue weighted by molar-refractivity contribution is -0.384. The molecule has 4 aromatic carbocycles. The van der Waals surface area contributed by atoms with Gasteiger partial charge in [-0.1, -0.05) is 77.7 Å². The number of nitro groups is 1. The molecule has 0 saturated carbocycles. The molecule has 0 aliphatic carbocycles. The lowest BCUT2D eigenvalue weighted by Gasteiger charge is -2.22. The average Bonchev–Trinajstić information content (AvgIpc) is 3.65. The van der Waals surface area contributed by atoms with Crippen molar-refractivity contribution in [2.45, 2.75) is 29.7 Å². The van der Waals surface area contributed by atoms with Crippen molar-refractivity contribution in [2.75, 3.05) is 4.90 Å². The van der Waals surface area contributed by atoms with Crippen molar-refractivity contribution in [3.63, 3.8) is 0 Å². The summed E-state index contributed by atoms with van der Waals surface area (Å²) in [6.07, 6.45) is 0. The van der Waals surface area contributed by atoms with Crippen molar-refractivity contribution in [3.8, 4) is 5.75 Å². The van der Waals surface area contributed by atoms with E-state index in [1.807, 2.05) is 31.2 Å². The maximum Gasteiger partial charge on any atom is 0.301 e. The van der Waals surface area contributed by atoms with Crippen molar-refractivity contribution >= 4 is 51.4 Å². The summed E-state index contributed by atoms with van der Waals surface area (Å²) in [5.41, 5.74) is 2.48. The molecule has 0 spiro atoms. The van der Waals surface area contributed by atoms with Gasteiger partial charge in [-0.05, 0) is 59.5 Å². The fourth-order valence-electron chi connectivity index (χ4n) is 5.06. The van der Waals surface area contributed by atoms with Gasteiger partial charge in [-0.3, -0.25) is 24.6 Å². The topological polar surface area (TPSA) is 136 Å². The Hall–Kier alpha value is -5.40. The standard InChI is InChI=1S/C34H25FN4O6S2/c1-20-7-2-3-8-23(20)18-45-26-15-13-21(14-16-26)30(40)28-29(22-10-6-11-25(17-22)39(43)44)38(32(42)31(28)41)33-36-37-34(47-33)46-19-24-9-4-5-12-27(24)35/h2-17,29,40H,18-19H2,1H3/b30-28+. The van der Waals surface area contributed by atoms with E-state index in [1.165, 1.54) is 42.1 Å². The van der Waals surface area contributed by atoms with Crippen LogP contribution in [0.2, 0.25) is 0 Å². The molecule has 0 bridgehead atoms. The highest BCUT2D eigenvalue weighted by Crippen LogP contribution is 2.44. The molecule has 47 heavy (non-hydrogen) atoms. The highest BCUT2D eigenvalue weighted by Gasteiger charge is 2.48. The molecule has 0 radical (unpaired) electrons. The molecule has 1 amide bonds. The van der Waals surface area contributed by atoms with Gasteiger partial charge in [-0.25, -0.2) is 4.39 Å². The largest absolute Gasteiger partial charge is 0.507 e. The number of aliphatic hydroxyl groups excluding tert-OH is 1. The first-order valence-electron chi connectivity index (χ1n) is 14.2. The third-order valence-electron chi connectivity index (χ3n) is 7.54. The van der Waals surface area contributed by atoms with E-state index in [9.17, 15) is 29.2 Å². The maximum absolute atomic E-state index is 14.2. The molecule has 1 aliphatic rings. The Morgan fingerprint density at radius 2 is 1.72 bits per heavy atom. The summed E-state index contributed by atoms with van der Waals surface area (Å²) in [7, 11) is 0. The first-order chi connectivity index (χ1) is 22.7. The number of aliphatic hydroxyl groups is 1. The van der Waals surface area contributed by atoms with Gasteiger partial charge in [0.15, 0.2) is 4.34 Å². The molecule has 1 fully saturated rings. The fraction of sp³-hybridized carbons (Fsp3) is 0.118. The van der Waals surface area contributed by atoms with E-state index in [2.05, 4.69) is 10.2 Å². The molecule has 1 atom stereocenters. The smallest absolute Gasteiger partial charge is 0.301 e. The van der Waals surface area contributed by atoms with Crippen LogP contribution in [0.1, 0.15) is 33.9 Å². The number of amides is 1. The second-order valence-electron chi connectivity index (χ2n) is 10.5. The van der Waals surface area contributed by atoms with Crippen LogP contribution in [-0.2, 0) is 21.9 Å². The lowest BCUT2D eigenvalue weighted by Crippen LogP contribution is -2.29. The minimum Gasteiger partial charge on any atom is -0.507 e. The van der Waals surface area contributed by atoms with Crippen molar-refractivity contribution < 1.29 is 28.7 Å². The van der Waals surface area contributed by atoms with E-state index in [1.54, 1.807) is 42.5 Å². The van der Waals surface area contributed by atoms with Crippen molar-refractivity contribution in [3.05, 3.63) is 146 Å². The van der Waals surface area contributed by atoms with Crippen LogP contribution >= 0.6 is 23.1 Å². The molecular weight excluding hydrogens is 644 g/mol. The van der Waals surface area contributed by atoms with Crippen LogP contribution in [0, 0.1) is 22.9 Å². The van der Waals surface area contributed by atoms with E-state index in [-0.39, 0.29) is 39.1 Å². The quantitative estimate of drug-likeness (QED) is 0.0307. The summed E-state index contributed by atoms with van der Waals surface area (Å²) in [5.74, 6) is -2.04. The number of carbonyl (C=O) groups excluding carboxylic acids is 2. The number of ketones is 1. The Kier molecular flexibility index (Phi) is 9.09. The number of Topliss-reactive ketones (excluding diaryl/α,β-unsaturated/α-hetero) is 1. The predicted molar refractivity (Wildman–Crippen MR) is 176 cm³/mol. The van der Waals surface area contributed by atoms with E-state index >= 15 is 0 Å². The van der Waals surface area contributed by atoms with Gasteiger partial charge >= 0.3 is 5.91 Å². The number of hydrogen-bond donors (Lipinski definition) is 1. The van der Waals surface area contributed by atoms with Gasteiger partial charge in [-0.2, -0.15) is 0 Å². The van der Waals surface area contributed by atoms with Crippen molar-refractivity contribution in [1.29, 1.82) is 0 Å². The number of anilines is 1. The van der Waals surface area contributed by atoms with E-state index in [4.69, 9.17) is 4.74 Å². The molecule has 6 rings (SSSR count). The number of non-ortho nitro benzene ring substituents is 1. The highest BCUT2D eigenvalue weighted by atomic mass is 32.2. The third-order valence-corrected chi connectivity index (χ3v) is 9.64. The molecule has 1 saturated heterocycles. The number of halogens is 1. The monoisotopic (exact) mass is 668 g/mol. The Balaban J connectivity index is 1.33. The molecule has 1 unspecified atom stereocenters. The second kappa shape index (κ2) is 13.5. The molecule has 13 heteroatoms. The van der Waals surface area contributed by atoms with E-state index < -0.39 is 28.4 Å². The number of aromatic nitrogens is 2. The molecule has 5 aromatic rings. The Bertz CT molecular complexity index is 2030. The van der Waals surface area contributed by atoms with Gasteiger partial charge < -0.3 is 9.84 Å². The maximum atomic E-state index is 14.2. The van der Waals surface area contributed by atoms with Crippen molar-refractivity contribution in [1.82, 2.24) is 10.2 Å². The van der Waals surface area contributed by atoms with Crippen LogP contribution in [-0.4, -0.2) is 31.9 Å². The summed E-state index contributed by atoms with van der Waals surface area (Å²) in [5, 5.41) is 31.4. The summed E-state index contributed by atoms with van der Waals surface area (Å²) >= 11 is 2.20. The normalized spacial score (nSPS) is 15.6. The second-order valence-corrected chi connectivity index (χ2v) is 12.7. The Labute approximate surface area is 276 Å². The highest BCUT2D eigenvalue weighted by molar-refractivity contribution is 8.00. The van der Waals surface area contributed by atoms with Crippen LogP contribution in [0.15, 0.2) is 107 Å². The molecule has 236 valence electrons. The summed E-state index contributed by atoms with van der Waals surface area (Å²) in [6.45, 7) is 2.32. The number of rotatable bonds is 10. The average molecular weight is 669 g/mol. The van der Waals surface area contributed by atoms with Gasteiger partial charge in [0, 0.05) is 23.4 Å². The first kappa shape index (κ1) is 31.6. The van der Waals surface area contributed by atoms with Gasteiger partial charge in [-0.15, -0.1) is 10.2 Å². The number of benzene rings is 4. The number of hydrogen-bond acceptors (Lipinski definition) is 10. The van der Waals surface area contributed by atoms with Gasteiger partial charge in [0.2, 0.25) is 5.13 Å². The first-order valence-corrected chi connectivity index (χ1v) is 16.0. The Morgan fingerprint density at radius 1 is 1.00 bits per heavy atom. The third kappa shape index (κ3) is 6.62. The zero-order valence-corrected chi connectivity index (χ0v) is 26.3. The molecule has 10 nitrogen and oxygen atoms in total. The summed E-state index contributed by atoms with van der Waals surface area (Å²) in [6, 6.07) is 24.8. The molecule has 2 heterocycles. The number of carbonyl (C=O) groups is 2. The molecular formula is C34H25FN4O6S2. The zero-order chi connectivity index (χ0) is 33.1. The van der Waals surface area contributed by atoms with Crippen LogP contribution in [0.5, 0.6) is 5.75 Å². The number of thioether (sulfide) groups is 1. The van der Waals surface area contributed by atoms with Gasteiger partial charge in [0.05, 0.1) is 16.5 Å². The number of ether oxygens (including phenoxy) is 1. The number of aryl methyl sites for hydroxylation is 1. The van der Waals surface area contributed by atoms with E-state index in [0.717, 1.165) is 27.4 Å². The summed E-state index contributed by atoms with van der Waals surface area (Å²) < 4.78 is 20.5. The van der Waals surface area contributed by atoms with E-state index in [0.29, 0.717) is 22.3 Å². The van der Waals surface area contributed by atoms with Gasteiger partial charge in [0.25, 0.3) is 11.5 Å². The SMILES string of the molecule is Cc1ccccc1COc1ccc(/C(O)=C2\C(=O)C(=O)N(c3nnc(SCc4ccccc4F)s3)C2c2cccc([N+](=O)[O-])c2)cc1. The summed E-state index contributed by atoms with van der Waals surface area (Å²) in [4.78, 5) is 39.2. The molecule has 1 aliphatic heterocycles. The molecule has 1 N–H and O–H groups in total. The predicted octanol–water partition coefficient (Wildman–Crippen LogP) is 7.39. The number of nitrogens with zero attached hydrogens (tertiary/aromatic N) is 4. The minimum absolute atomic E-state index is 0.0404. The molecule has 1 aromatic heterocycles.